The fourth-order valence-electron chi connectivity index (χ4n) is 2.21. The first-order valence-electron chi connectivity index (χ1n) is 6.35. The second-order valence-electron chi connectivity index (χ2n) is 5.67. The Bertz CT molecular complexity index is 425. The molecule has 3 N–H and O–H groups in total. The molecule has 0 atom stereocenters. The molecule has 2 rings (SSSR count). The normalized spacial score (nSPS) is 17.8. The van der Waals surface area contributed by atoms with Crippen LogP contribution in [0.2, 0.25) is 0 Å². The fraction of sp³-hybridized carbons (Fsp3) is 0.500. The molecule has 4 heteroatoms. The monoisotopic (exact) mass is 247 g/mol. The minimum Gasteiger partial charge on any atom is -0.326 e. The van der Waals surface area contributed by atoms with E-state index in [2.05, 4.69) is 19.2 Å². The van der Waals surface area contributed by atoms with Gasteiger partial charge in [-0.15, -0.1) is 0 Å². The van der Waals surface area contributed by atoms with Crippen LogP contribution in [0.5, 0.6) is 0 Å². The van der Waals surface area contributed by atoms with E-state index in [0.717, 1.165) is 30.8 Å². The van der Waals surface area contributed by atoms with E-state index >= 15 is 0 Å². The van der Waals surface area contributed by atoms with E-state index < -0.39 is 0 Å². The highest BCUT2D eigenvalue weighted by Gasteiger charge is 2.31. The lowest BCUT2D eigenvalue weighted by molar-refractivity contribution is 0.217. The van der Waals surface area contributed by atoms with Crippen molar-refractivity contribution in [2.75, 3.05) is 18.4 Å². The summed E-state index contributed by atoms with van der Waals surface area (Å²) in [5, 5.41) is 2.92. The Morgan fingerprint density at radius 3 is 2.56 bits per heavy atom. The molecule has 0 spiro atoms. The van der Waals surface area contributed by atoms with Crippen molar-refractivity contribution in [2.24, 2.45) is 11.1 Å². The molecule has 0 aromatic heterocycles. The summed E-state index contributed by atoms with van der Waals surface area (Å²) >= 11 is 0. The molecule has 1 aliphatic heterocycles. The van der Waals surface area contributed by atoms with Crippen molar-refractivity contribution in [1.82, 2.24) is 4.90 Å². The number of rotatable bonds is 2. The lowest BCUT2D eigenvalue weighted by atomic mass is 9.93. The van der Waals surface area contributed by atoms with Gasteiger partial charge in [-0.2, -0.15) is 0 Å². The first-order valence-corrected chi connectivity index (χ1v) is 6.35. The van der Waals surface area contributed by atoms with Crippen molar-refractivity contribution < 1.29 is 4.79 Å². The zero-order chi connectivity index (χ0) is 13.2. The fourth-order valence-corrected chi connectivity index (χ4v) is 2.21. The largest absolute Gasteiger partial charge is 0.326 e. The molecular formula is C14H21N3O. The van der Waals surface area contributed by atoms with E-state index in [1.807, 2.05) is 29.2 Å². The molecule has 0 bridgehead atoms. The van der Waals surface area contributed by atoms with Crippen LogP contribution in [0.1, 0.15) is 25.8 Å². The molecule has 18 heavy (non-hydrogen) atoms. The molecule has 0 unspecified atom stereocenters. The van der Waals surface area contributed by atoms with Crippen molar-refractivity contribution in [3.05, 3.63) is 29.8 Å². The molecule has 98 valence electrons. The van der Waals surface area contributed by atoms with Gasteiger partial charge in [0.25, 0.3) is 0 Å². The highest BCUT2D eigenvalue weighted by molar-refractivity contribution is 5.89. The second-order valence-corrected chi connectivity index (χ2v) is 5.67. The number of likely N-dealkylation sites (tertiary alicyclic amines) is 1. The van der Waals surface area contributed by atoms with Gasteiger partial charge in [-0.05, 0) is 29.5 Å². The number of nitrogens with two attached hydrogens (primary N) is 1. The Kier molecular flexibility index (Phi) is 3.57. The van der Waals surface area contributed by atoms with Gasteiger partial charge in [0.2, 0.25) is 0 Å². The number of urea groups is 1. The van der Waals surface area contributed by atoms with Gasteiger partial charge in [0.05, 0.1) is 0 Å². The molecule has 1 fully saturated rings. The second kappa shape index (κ2) is 4.98. The Morgan fingerprint density at radius 2 is 2.06 bits per heavy atom. The van der Waals surface area contributed by atoms with Crippen LogP contribution in [0.25, 0.3) is 0 Å². The zero-order valence-corrected chi connectivity index (χ0v) is 11.1. The summed E-state index contributed by atoms with van der Waals surface area (Å²) in [6.45, 7) is 6.56. The van der Waals surface area contributed by atoms with E-state index in [1.165, 1.54) is 0 Å². The smallest absolute Gasteiger partial charge is 0.321 e. The summed E-state index contributed by atoms with van der Waals surface area (Å²) in [5.41, 5.74) is 7.66. The summed E-state index contributed by atoms with van der Waals surface area (Å²) < 4.78 is 0. The van der Waals surface area contributed by atoms with Crippen LogP contribution in [0.4, 0.5) is 10.5 Å². The van der Waals surface area contributed by atoms with Gasteiger partial charge in [0, 0.05) is 25.3 Å². The van der Waals surface area contributed by atoms with Gasteiger partial charge in [-0.3, -0.25) is 0 Å². The third kappa shape index (κ3) is 3.01. The minimum absolute atomic E-state index is 0.0129. The highest BCUT2D eigenvalue weighted by atomic mass is 16.2. The summed E-state index contributed by atoms with van der Waals surface area (Å²) in [5.74, 6) is 0. The lowest BCUT2D eigenvalue weighted by Crippen LogP contribution is -2.34. The average Bonchev–Trinajstić information content (AvgIpc) is 2.71. The zero-order valence-electron chi connectivity index (χ0n) is 11.1. The van der Waals surface area contributed by atoms with Crippen LogP contribution in [0, 0.1) is 5.41 Å². The van der Waals surface area contributed by atoms with E-state index in [-0.39, 0.29) is 11.4 Å². The first-order chi connectivity index (χ1) is 8.50. The third-order valence-corrected chi connectivity index (χ3v) is 3.41. The molecule has 1 aromatic rings. The van der Waals surface area contributed by atoms with Crippen LogP contribution in [0.15, 0.2) is 24.3 Å². The van der Waals surface area contributed by atoms with Crippen molar-refractivity contribution >= 4 is 11.7 Å². The van der Waals surface area contributed by atoms with E-state index in [0.29, 0.717) is 6.54 Å². The van der Waals surface area contributed by atoms with Gasteiger partial charge in [0.15, 0.2) is 0 Å². The molecule has 4 nitrogen and oxygen atoms in total. The van der Waals surface area contributed by atoms with Gasteiger partial charge < -0.3 is 16.0 Å². The maximum Gasteiger partial charge on any atom is 0.321 e. The Hall–Kier alpha value is -1.55. The predicted octanol–water partition coefficient (Wildman–Crippen LogP) is 2.41. The number of benzene rings is 1. The van der Waals surface area contributed by atoms with E-state index in [4.69, 9.17) is 5.73 Å². The van der Waals surface area contributed by atoms with Crippen molar-refractivity contribution in [3.8, 4) is 0 Å². The van der Waals surface area contributed by atoms with Crippen LogP contribution in [-0.2, 0) is 6.54 Å². The number of hydrogen-bond donors (Lipinski definition) is 2. The minimum atomic E-state index is -0.0129. The number of nitrogens with zero attached hydrogens (tertiary/aromatic N) is 1. The quantitative estimate of drug-likeness (QED) is 0.843. The molecule has 1 aromatic carbocycles. The maximum atomic E-state index is 12.0. The average molecular weight is 247 g/mol. The van der Waals surface area contributed by atoms with Crippen molar-refractivity contribution in [3.63, 3.8) is 0 Å². The van der Waals surface area contributed by atoms with E-state index in [1.54, 1.807) is 0 Å². The van der Waals surface area contributed by atoms with Crippen molar-refractivity contribution in [2.45, 2.75) is 26.8 Å². The molecule has 1 saturated heterocycles. The molecule has 0 saturated carbocycles. The molecule has 0 aliphatic carbocycles. The van der Waals surface area contributed by atoms with Gasteiger partial charge >= 0.3 is 6.03 Å². The predicted molar refractivity (Wildman–Crippen MR) is 73.3 cm³/mol. The SMILES string of the molecule is CC1(C)CCN(C(=O)Nc2ccc(CN)cc2)C1. The highest BCUT2D eigenvalue weighted by Crippen LogP contribution is 2.29. The molecular weight excluding hydrogens is 226 g/mol. The number of amides is 2. The molecule has 1 aliphatic rings. The summed E-state index contributed by atoms with van der Waals surface area (Å²) in [4.78, 5) is 13.9. The topological polar surface area (TPSA) is 58.4 Å². The van der Waals surface area contributed by atoms with Gasteiger partial charge in [0.1, 0.15) is 0 Å². The number of carbonyl (C=O) groups excluding carboxylic acids is 1. The molecule has 1 heterocycles. The third-order valence-electron chi connectivity index (χ3n) is 3.41. The summed E-state index contributed by atoms with van der Waals surface area (Å²) in [6.07, 6.45) is 1.06. The Balaban J connectivity index is 1.95. The van der Waals surface area contributed by atoms with Gasteiger partial charge in [-0.1, -0.05) is 26.0 Å². The number of nitrogens with one attached hydrogen (secondary N) is 1. The Labute approximate surface area is 108 Å². The van der Waals surface area contributed by atoms with Crippen LogP contribution in [-0.4, -0.2) is 24.0 Å². The number of anilines is 1. The number of hydrogen-bond acceptors (Lipinski definition) is 2. The maximum absolute atomic E-state index is 12.0. The van der Waals surface area contributed by atoms with Crippen molar-refractivity contribution in [1.29, 1.82) is 0 Å². The summed E-state index contributed by atoms with van der Waals surface area (Å²) in [6, 6.07) is 7.64. The van der Waals surface area contributed by atoms with Crippen LogP contribution < -0.4 is 11.1 Å². The van der Waals surface area contributed by atoms with Gasteiger partial charge in [-0.25, -0.2) is 4.79 Å². The first kappa shape index (κ1) is 12.9. The number of carbonyl (C=O) groups is 1. The molecule has 2 amide bonds. The lowest BCUT2D eigenvalue weighted by Gasteiger charge is -2.20. The molecule has 0 radical (unpaired) electrons. The standard InChI is InChI=1S/C14H21N3O/c1-14(2)7-8-17(10-14)13(18)16-12-5-3-11(9-15)4-6-12/h3-6H,7-10,15H2,1-2H3,(H,16,18). The van der Waals surface area contributed by atoms with Crippen LogP contribution >= 0.6 is 0 Å². The van der Waals surface area contributed by atoms with Crippen LogP contribution in [0.3, 0.4) is 0 Å². The summed E-state index contributed by atoms with van der Waals surface area (Å²) in [7, 11) is 0. The Morgan fingerprint density at radius 1 is 1.39 bits per heavy atom. The van der Waals surface area contributed by atoms with E-state index in [9.17, 15) is 4.79 Å².